The van der Waals surface area contributed by atoms with Crippen molar-refractivity contribution in [3.05, 3.63) is 11.8 Å². The quantitative estimate of drug-likeness (QED) is 0.551. The third kappa shape index (κ3) is 4.37. The SMILES string of the molecule is COC(=O)[C@@H]1[C@@H](C(=O)OC)CC=C2[C@H]1CCCCN2C(=O)OC(C)(C)C. The summed E-state index contributed by atoms with van der Waals surface area (Å²) in [6.45, 7) is 5.99. The topological polar surface area (TPSA) is 82.1 Å². The van der Waals surface area contributed by atoms with Crippen LogP contribution < -0.4 is 0 Å². The normalized spacial score (nSPS) is 26.1. The van der Waals surface area contributed by atoms with Gasteiger partial charge in [-0.3, -0.25) is 14.5 Å². The van der Waals surface area contributed by atoms with E-state index in [1.54, 1.807) is 4.90 Å². The molecule has 1 amide bonds. The van der Waals surface area contributed by atoms with Gasteiger partial charge in [-0.05, 0) is 40.0 Å². The van der Waals surface area contributed by atoms with Gasteiger partial charge in [0.1, 0.15) is 5.60 Å². The number of ether oxygens (including phenoxy) is 3. The van der Waals surface area contributed by atoms with E-state index in [9.17, 15) is 14.4 Å². The summed E-state index contributed by atoms with van der Waals surface area (Å²) in [6, 6.07) is 0. The number of amides is 1. The Balaban J connectivity index is 2.38. The fraction of sp³-hybridized carbons (Fsp3) is 0.737. The molecule has 1 aliphatic carbocycles. The molecular weight excluding hydrogens is 338 g/mol. The summed E-state index contributed by atoms with van der Waals surface area (Å²) in [7, 11) is 2.63. The Kier molecular flexibility index (Phi) is 6.31. The van der Waals surface area contributed by atoms with Crippen molar-refractivity contribution in [1.82, 2.24) is 4.90 Å². The van der Waals surface area contributed by atoms with E-state index in [0.717, 1.165) is 18.5 Å². The van der Waals surface area contributed by atoms with E-state index in [2.05, 4.69) is 0 Å². The van der Waals surface area contributed by atoms with Crippen molar-refractivity contribution in [2.45, 2.75) is 52.1 Å². The molecule has 3 atom stereocenters. The Labute approximate surface area is 154 Å². The van der Waals surface area contributed by atoms with Gasteiger partial charge in [-0.25, -0.2) is 4.79 Å². The second-order valence-corrected chi connectivity index (χ2v) is 7.78. The highest BCUT2D eigenvalue weighted by molar-refractivity contribution is 5.83. The maximum absolute atomic E-state index is 12.7. The Morgan fingerprint density at radius 2 is 1.73 bits per heavy atom. The van der Waals surface area contributed by atoms with Gasteiger partial charge in [-0.1, -0.05) is 12.5 Å². The predicted octanol–water partition coefficient (Wildman–Crippen LogP) is 2.89. The Morgan fingerprint density at radius 3 is 2.31 bits per heavy atom. The summed E-state index contributed by atoms with van der Waals surface area (Å²) in [5.41, 5.74) is 0.150. The monoisotopic (exact) mass is 367 g/mol. The highest BCUT2D eigenvalue weighted by Gasteiger charge is 2.47. The summed E-state index contributed by atoms with van der Waals surface area (Å²) in [5.74, 6) is -2.39. The molecule has 1 aliphatic heterocycles. The van der Waals surface area contributed by atoms with Gasteiger partial charge in [0.05, 0.1) is 26.1 Å². The van der Waals surface area contributed by atoms with Crippen LogP contribution in [0.5, 0.6) is 0 Å². The van der Waals surface area contributed by atoms with E-state index in [4.69, 9.17) is 14.2 Å². The summed E-state index contributed by atoms with van der Waals surface area (Å²) >= 11 is 0. The van der Waals surface area contributed by atoms with E-state index >= 15 is 0 Å². The number of likely N-dealkylation sites (tertiary alicyclic amines) is 1. The van der Waals surface area contributed by atoms with Crippen molar-refractivity contribution >= 4 is 18.0 Å². The van der Waals surface area contributed by atoms with Crippen LogP contribution in [0.15, 0.2) is 11.8 Å². The van der Waals surface area contributed by atoms with Crippen LogP contribution in [0, 0.1) is 17.8 Å². The molecular formula is C19H29NO6. The van der Waals surface area contributed by atoms with Crippen molar-refractivity contribution < 1.29 is 28.6 Å². The van der Waals surface area contributed by atoms with E-state index in [1.165, 1.54) is 14.2 Å². The van der Waals surface area contributed by atoms with Crippen LogP contribution in [-0.4, -0.2) is 49.3 Å². The molecule has 146 valence electrons. The number of hydrogen-bond acceptors (Lipinski definition) is 6. The fourth-order valence-electron chi connectivity index (χ4n) is 3.78. The number of allylic oxidation sites excluding steroid dienone is 2. The zero-order chi connectivity index (χ0) is 19.5. The minimum Gasteiger partial charge on any atom is -0.469 e. The van der Waals surface area contributed by atoms with E-state index in [1.807, 2.05) is 26.8 Å². The highest BCUT2D eigenvalue weighted by Crippen LogP contribution is 2.42. The molecule has 26 heavy (non-hydrogen) atoms. The number of carbonyl (C=O) groups excluding carboxylic acids is 3. The molecule has 0 unspecified atom stereocenters. The average molecular weight is 367 g/mol. The summed E-state index contributed by atoms with van der Waals surface area (Å²) < 4.78 is 15.4. The Morgan fingerprint density at radius 1 is 1.08 bits per heavy atom. The number of hydrogen-bond donors (Lipinski definition) is 0. The molecule has 2 aliphatic rings. The van der Waals surface area contributed by atoms with E-state index in [0.29, 0.717) is 19.4 Å². The first kappa shape index (κ1) is 20.3. The molecule has 1 fully saturated rings. The van der Waals surface area contributed by atoms with Crippen LogP contribution in [0.1, 0.15) is 46.5 Å². The molecule has 0 aromatic rings. The molecule has 0 aromatic heterocycles. The molecule has 0 radical (unpaired) electrons. The summed E-state index contributed by atoms with van der Waals surface area (Å²) in [4.78, 5) is 39.0. The molecule has 0 bridgehead atoms. The molecule has 2 rings (SSSR count). The van der Waals surface area contributed by atoms with Crippen molar-refractivity contribution in [1.29, 1.82) is 0 Å². The number of fused-ring (bicyclic) bond motifs is 1. The maximum atomic E-state index is 12.7. The Bertz CT molecular complexity index is 591. The van der Waals surface area contributed by atoms with E-state index < -0.39 is 35.5 Å². The first-order valence-corrected chi connectivity index (χ1v) is 9.05. The number of nitrogens with zero attached hydrogens (tertiary/aromatic N) is 1. The third-order valence-electron chi connectivity index (χ3n) is 4.88. The van der Waals surface area contributed by atoms with Gasteiger partial charge in [-0.2, -0.15) is 0 Å². The molecule has 7 nitrogen and oxygen atoms in total. The van der Waals surface area contributed by atoms with Crippen LogP contribution in [0.4, 0.5) is 4.79 Å². The lowest BCUT2D eigenvalue weighted by atomic mass is 9.72. The van der Waals surface area contributed by atoms with Gasteiger partial charge >= 0.3 is 18.0 Å². The standard InChI is InChI=1S/C19H29NO6/c1-19(2,3)26-18(23)20-11-7-6-8-12-14(20)10-9-13(16(21)24-4)15(12)17(22)25-5/h10,12-13,15H,6-9,11H2,1-5H3/t12-,13+,15+/m1/s1. The van der Waals surface area contributed by atoms with Crippen LogP contribution >= 0.6 is 0 Å². The van der Waals surface area contributed by atoms with Crippen molar-refractivity contribution in [3.63, 3.8) is 0 Å². The average Bonchev–Trinajstić information content (AvgIpc) is 2.80. The smallest absolute Gasteiger partial charge is 0.414 e. The summed E-state index contributed by atoms with van der Waals surface area (Å²) in [5, 5.41) is 0. The molecule has 1 saturated heterocycles. The molecule has 1 heterocycles. The zero-order valence-electron chi connectivity index (χ0n) is 16.2. The van der Waals surface area contributed by atoms with Crippen molar-refractivity contribution in [2.24, 2.45) is 17.8 Å². The second kappa shape index (κ2) is 8.10. The number of methoxy groups -OCH3 is 2. The third-order valence-corrected chi connectivity index (χ3v) is 4.88. The van der Waals surface area contributed by atoms with Gasteiger partial charge in [0.25, 0.3) is 0 Å². The van der Waals surface area contributed by atoms with Crippen molar-refractivity contribution in [3.8, 4) is 0 Å². The number of rotatable bonds is 2. The molecule has 0 saturated carbocycles. The van der Waals surface area contributed by atoms with Gasteiger partial charge in [0.15, 0.2) is 0 Å². The molecule has 0 N–H and O–H groups in total. The lowest BCUT2D eigenvalue weighted by molar-refractivity contribution is -0.160. The largest absolute Gasteiger partial charge is 0.469 e. The highest BCUT2D eigenvalue weighted by atomic mass is 16.6. The van der Waals surface area contributed by atoms with Gasteiger partial charge in [-0.15, -0.1) is 0 Å². The lowest BCUT2D eigenvalue weighted by Crippen LogP contribution is -2.45. The molecule has 0 aromatic carbocycles. The van der Waals surface area contributed by atoms with Crippen LogP contribution in [0.2, 0.25) is 0 Å². The van der Waals surface area contributed by atoms with Crippen LogP contribution in [0.3, 0.4) is 0 Å². The zero-order valence-corrected chi connectivity index (χ0v) is 16.2. The predicted molar refractivity (Wildman–Crippen MR) is 94.0 cm³/mol. The van der Waals surface area contributed by atoms with Crippen LogP contribution in [-0.2, 0) is 23.8 Å². The first-order valence-electron chi connectivity index (χ1n) is 9.05. The first-order chi connectivity index (χ1) is 12.2. The Hall–Kier alpha value is -2.05. The lowest BCUT2D eigenvalue weighted by Gasteiger charge is -2.38. The molecule has 7 heteroatoms. The number of esters is 2. The second-order valence-electron chi connectivity index (χ2n) is 7.78. The van der Waals surface area contributed by atoms with Gasteiger partial charge in [0.2, 0.25) is 0 Å². The number of carbonyl (C=O) groups is 3. The molecule has 0 spiro atoms. The van der Waals surface area contributed by atoms with Crippen LogP contribution in [0.25, 0.3) is 0 Å². The minimum absolute atomic E-state index is 0.268. The van der Waals surface area contributed by atoms with Gasteiger partial charge in [0, 0.05) is 18.2 Å². The minimum atomic E-state index is -0.657. The van der Waals surface area contributed by atoms with Gasteiger partial charge < -0.3 is 14.2 Å². The fourth-order valence-corrected chi connectivity index (χ4v) is 3.78. The summed E-state index contributed by atoms with van der Waals surface area (Å²) in [6.07, 6.45) is 4.15. The van der Waals surface area contributed by atoms with E-state index in [-0.39, 0.29) is 5.92 Å². The maximum Gasteiger partial charge on any atom is 0.414 e. The van der Waals surface area contributed by atoms with Crippen molar-refractivity contribution in [2.75, 3.05) is 20.8 Å².